The molecule has 0 bridgehead atoms. The van der Waals surface area contributed by atoms with Gasteiger partial charge in [0.2, 0.25) is 0 Å². The van der Waals surface area contributed by atoms with Crippen LogP contribution in [0.15, 0.2) is 18.5 Å². The molecule has 5 nitrogen and oxygen atoms in total. The number of aromatic nitrogens is 1. The Morgan fingerprint density at radius 1 is 1.42 bits per heavy atom. The highest BCUT2D eigenvalue weighted by Gasteiger charge is 2.13. The summed E-state index contributed by atoms with van der Waals surface area (Å²) in [5.41, 5.74) is 1.46. The van der Waals surface area contributed by atoms with E-state index in [4.69, 9.17) is 0 Å². The molecular formula is C14H22N4O. The summed E-state index contributed by atoms with van der Waals surface area (Å²) in [4.78, 5) is 18.5. The molecule has 1 amide bonds. The van der Waals surface area contributed by atoms with Gasteiger partial charge in [0.1, 0.15) is 0 Å². The van der Waals surface area contributed by atoms with Crippen LogP contribution < -0.4 is 10.6 Å². The molecule has 1 aliphatic rings. The van der Waals surface area contributed by atoms with Crippen molar-refractivity contribution in [3.05, 3.63) is 24.0 Å². The summed E-state index contributed by atoms with van der Waals surface area (Å²) in [6, 6.07) is 1.83. The van der Waals surface area contributed by atoms with Crippen LogP contribution in [0.3, 0.4) is 0 Å². The van der Waals surface area contributed by atoms with Gasteiger partial charge in [0.15, 0.2) is 0 Å². The first-order valence-electron chi connectivity index (χ1n) is 6.99. The second kappa shape index (κ2) is 7.09. The zero-order valence-electron chi connectivity index (χ0n) is 11.5. The van der Waals surface area contributed by atoms with Gasteiger partial charge in [-0.15, -0.1) is 0 Å². The van der Waals surface area contributed by atoms with E-state index in [1.807, 2.05) is 13.0 Å². The SMILES string of the molecule is CCNc1ccncc1C(=O)NCCN1CCCC1. The summed E-state index contributed by atoms with van der Waals surface area (Å²) in [7, 11) is 0. The molecule has 1 aromatic rings. The first-order chi connectivity index (χ1) is 9.31. The van der Waals surface area contributed by atoms with Gasteiger partial charge in [0.25, 0.3) is 5.91 Å². The lowest BCUT2D eigenvalue weighted by atomic mass is 10.2. The lowest BCUT2D eigenvalue weighted by Gasteiger charge is -2.15. The summed E-state index contributed by atoms with van der Waals surface area (Å²) in [5, 5.41) is 6.14. The zero-order chi connectivity index (χ0) is 13.5. The number of hydrogen-bond donors (Lipinski definition) is 2. The summed E-state index contributed by atoms with van der Waals surface area (Å²) in [6.45, 7) is 6.74. The molecule has 0 aliphatic carbocycles. The fourth-order valence-electron chi connectivity index (χ4n) is 2.35. The van der Waals surface area contributed by atoms with Gasteiger partial charge in [-0.1, -0.05) is 0 Å². The number of amides is 1. The Bertz CT molecular complexity index is 416. The Labute approximate surface area is 114 Å². The summed E-state index contributed by atoms with van der Waals surface area (Å²) >= 11 is 0. The number of nitrogens with zero attached hydrogens (tertiary/aromatic N) is 2. The molecule has 2 heterocycles. The van der Waals surface area contributed by atoms with E-state index >= 15 is 0 Å². The highest BCUT2D eigenvalue weighted by atomic mass is 16.1. The monoisotopic (exact) mass is 262 g/mol. The molecule has 0 saturated carbocycles. The first kappa shape index (κ1) is 13.8. The van der Waals surface area contributed by atoms with Crippen LogP contribution in [0.1, 0.15) is 30.1 Å². The van der Waals surface area contributed by atoms with Gasteiger partial charge in [-0.3, -0.25) is 9.78 Å². The second-order valence-electron chi connectivity index (χ2n) is 4.76. The molecule has 104 valence electrons. The number of anilines is 1. The Hall–Kier alpha value is -1.62. The van der Waals surface area contributed by atoms with Gasteiger partial charge in [0, 0.05) is 32.0 Å². The smallest absolute Gasteiger partial charge is 0.254 e. The van der Waals surface area contributed by atoms with E-state index in [-0.39, 0.29) is 5.91 Å². The number of nitrogens with one attached hydrogen (secondary N) is 2. The number of carbonyl (C=O) groups is 1. The highest BCUT2D eigenvalue weighted by Crippen LogP contribution is 2.12. The topological polar surface area (TPSA) is 57.3 Å². The van der Waals surface area contributed by atoms with Crippen molar-refractivity contribution < 1.29 is 4.79 Å². The maximum absolute atomic E-state index is 12.1. The van der Waals surface area contributed by atoms with Crippen molar-refractivity contribution in [2.45, 2.75) is 19.8 Å². The molecule has 1 saturated heterocycles. The molecule has 0 aromatic carbocycles. The van der Waals surface area contributed by atoms with E-state index in [9.17, 15) is 4.79 Å². The maximum Gasteiger partial charge on any atom is 0.254 e. The van der Waals surface area contributed by atoms with Gasteiger partial charge in [0.05, 0.1) is 11.3 Å². The van der Waals surface area contributed by atoms with E-state index < -0.39 is 0 Å². The van der Waals surface area contributed by atoms with Gasteiger partial charge >= 0.3 is 0 Å². The molecule has 2 N–H and O–H groups in total. The van der Waals surface area contributed by atoms with Crippen molar-refractivity contribution in [2.75, 3.05) is 38.0 Å². The average Bonchev–Trinajstić information content (AvgIpc) is 2.93. The van der Waals surface area contributed by atoms with Gasteiger partial charge in [-0.2, -0.15) is 0 Å². The molecule has 1 fully saturated rings. The number of pyridine rings is 1. The number of carbonyl (C=O) groups excluding carboxylic acids is 1. The lowest BCUT2D eigenvalue weighted by Crippen LogP contribution is -2.33. The quantitative estimate of drug-likeness (QED) is 0.812. The standard InChI is InChI=1S/C14H22N4O/c1-2-16-13-5-6-15-11-12(13)14(19)17-7-10-18-8-3-4-9-18/h5-6,11H,2-4,7-10H2,1H3,(H,15,16)(H,17,19). The number of likely N-dealkylation sites (tertiary alicyclic amines) is 1. The van der Waals surface area contributed by atoms with Crippen LogP contribution in [0.4, 0.5) is 5.69 Å². The number of hydrogen-bond acceptors (Lipinski definition) is 4. The fraction of sp³-hybridized carbons (Fsp3) is 0.571. The van der Waals surface area contributed by atoms with Crippen LogP contribution >= 0.6 is 0 Å². The molecule has 1 aromatic heterocycles. The van der Waals surface area contributed by atoms with E-state index in [0.29, 0.717) is 12.1 Å². The minimum absolute atomic E-state index is 0.0525. The van der Waals surface area contributed by atoms with Crippen LogP contribution in [0.2, 0.25) is 0 Å². The first-order valence-corrected chi connectivity index (χ1v) is 6.99. The van der Waals surface area contributed by atoms with Crippen LogP contribution in [0.5, 0.6) is 0 Å². The summed E-state index contributed by atoms with van der Waals surface area (Å²) in [5.74, 6) is -0.0525. The highest BCUT2D eigenvalue weighted by molar-refractivity contribution is 5.99. The van der Waals surface area contributed by atoms with Crippen molar-refractivity contribution in [1.29, 1.82) is 0 Å². The van der Waals surface area contributed by atoms with Crippen molar-refractivity contribution in [3.8, 4) is 0 Å². The van der Waals surface area contributed by atoms with Gasteiger partial charge in [-0.05, 0) is 38.9 Å². The fourth-order valence-corrected chi connectivity index (χ4v) is 2.35. The maximum atomic E-state index is 12.1. The molecule has 5 heteroatoms. The predicted octanol–water partition coefficient (Wildman–Crippen LogP) is 1.34. The number of rotatable bonds is 6. The van der Waals surface area contributed by atoms with Crippen molar-refractivity contribution in [3.63, 3.8) is 0 Å². The largest absolute Gasteiger partial charge is 0.385 e. The van der Waals surface area contributed by atoms with Crippen molar-refractivity contribution in [2.24, 2.45) is 0 Å². The van der Waals surface area contributed by atoms with Crippen LogP contribution in [0.25, 0.3) is 0 Å². The normalized spacial score (nSPS) is 15.4. The molecule has 0 unspecified atom stereocenters. The average molecular weight is 262 g/mol. The molecular weight excluding hydrogens is 240 g/mol. The Kier molecular flexibility index (Phi) is 5.15. The van der Waals surface area contributed by atoms with E-state index in [1.165, 1.54) is 12.8 Å². The van der Waals surface area contributed by atoms with Crippen LogP contribution in [-0.2, 0) is 0 Å². The zero-order valence-corrected chi connectivity index (χ0v) is 11.5. The summed E-state index contributed by atoms with van der Waals surface area (Å²) in [6.07, 6.45) is 5.87. The third-order valence-corrected chi connectivity index (χ3v) is 3.35. The molecule has 19 heavy (non-hydrogen) atoms. The minimum Gasteiger partial charge on any atom is -0.385 e. The third-order valence-electron chi connectivity index (χ3n) is 3.35. The third kappa shape index (κ3) is 3.92. The Morgan fingerprint density at radius 3 is 2.95 bits per heavy atom. The minimum atomic E-state index is -0.0525. The molecule has 2 rings (SSSR count). The second-order valence-corrected chi connectivity index (χ2v) is 4.76. The van der Waals surface area contributed by atoms with Crippen molar-refractivity contribution >= 4 is 11.6 Å². The van der Waals surface area contributed by atoms with Gasteiger partial charge < -0.3 is 15.5 Å². The Morgan fingerprint density at radius 2 is 2.21 bits per heavy atom. The van der Waals surface area contributed by atoms with Crippen LogP contribution in [-0.4, -0.2) is 48.5 Å². The molecule has 0 spiro atoms. The molecule has 1 aliphatic heterocycles. The predicted molar refractivity (Wildman–Crippen MR) is 76.4 cm³/mol. The lowest BCUT2D eigenvalue weighted by molar-refractivity contribution is 0.0950. The van der Waals surface area contributed by atoms with E-state index in [2.05, 4.69) is 20.5 Å². The van der Waals surface area contributed by atoms with E-state index in [0.717, 1.165) is 31.9 Å². The van der Waals surface area contributed by atoms with Crippen LogP contribution in [0, 0.1) is 0 Å². The van der Waals surface area contributed by atoms with E-state index in [1.54, 1.807) is 12.4 Å². The van der Waals surface area contributed by atoms with Gasteiger partial charge in [-0.25, -0.2) is 0 Å². The molecule has 0 atom stereocenters. The summed E-state index contributed by atoms with van der Waals surface area (Å²) < 4.78 is 0. The van der Waals surface area contributed by atoms with Crippen molar-refractivity contribution in [1.82, 2.24) is 15.2 Å². The Balaban J connectivity index is 1.84. The molecule has 0 radical (unpaired) electrons.